The van der Waals surface area contributed by atoms with Crippen LogP contribution in [0.3, 0.4) is 0 Å². The number of benzene rings is 5. The van der Waals surface area contributed by atoms with Gasteiger partial charge in [-0.2, -0.15) is 26.3 Å². The summed E-state index contributed by atoms with van der Waals surface area (Å²) in [5, 5.41) is 23.7. The standard InChI is InChI=1S/C55H36F6N2O10S2/c1-24-43(26(3)74-47(24)28-5-7-30(8-6-28)50(69)73-63-41(66)19-20-42(63)67)45-46(54(58,59)55(60,61)53(45,56)57)44-25(2)48(75-27(44)4)29-9-12-32(13-10-29)62-49(68)31-11-16-35-38(21-31)52(72-51(35)70)36-17-14-33(64)22-39(36)71-40-23-34(65)15-18-37(40)52/h5-18,21-23,64-65H,19-20H2,1-4H3,(H,62,68). The second-order valence-electron chi connectivity index (χ2n) is 18.3. The SMILES string of the molecule is Cc1sc(-c2ccc(NC(=O)c3ccc4c(c3)C3(OC4=O)c4ccc(O)cc4Oc4cc(O)ccc43)cc2)c(C)c1C1=C(c2c(C)sc(-c3ccc(C(=O)ON4C(=O)CCC4=O)cc3)c2C)C(F)(F)C(F)(F)C1(F)F. The molecule has 0 saturated carbocycles. The second kappa shape index (κ2) is 16.9. The lowest BCUT2D eigenvalue weighted by Gasteiger charge is -2.36. The third-order valence-electron chi connectivity index (χ3n) is 13.8. The van der Waals surface area contributed by atoms with Crippen molar-refractivity contribution in [2.24, 2.45) is 0 Å². The lowest BCUT2D eigenvalue weighted by molar-refractivity contribution is -0.254. The zero-order valence-corrected chi connectivity index (χ0v) is 41.1. The molecule has 7 aromatic rings. The Kier molecular flexibility index (Phi) is 11.0. The van der Waals surface area contributed by atoms with Crippen molar-refractivity contribution >= 4 is 69.2 Å². The number of phenols is 2. The van der Waals surface area contributed by atoms with E-state index in [1.54, 1.807) is 12.1 Å². The highest BCUT2D eigenvalue weighted by atomic mass is 32.1. The molecule has 11 rings (SSSR count). The number of fused-ring (bicyclic) bond motifs is 6. The third-order valence-corrected chi connectivity index (χ3v) is 16.3. The molecule has 1 saturated heterocycles. The first kappa shape index (κ1) is 49.0. The van der Waals surface area contributed by atoms with Crippen molar-refractivity contribution < 1.29 is 74.8 Å². The Hall–Kier alpha value is -8.23. The Labute approximate surface area is 429 Å². The van der Waals surface area contributed by atoms with Crippen molar-refractivity contribution in [2.75, 3.05) is 5.32 Å². The van der Waals surface area contributed by atoms with Crippen LogP contribution in [0.5, 0.6) is 23.0 Å². The van der Waals surface area contributed by atoms with Crippen LogP contribution in [-0.4, -0.2) is 62.7 Å². The van der Waals surface area contributed by atoms with Gasteiger partial charge in [-0.1, -0.05) is 24.3 Å². The third kappa shape index (κ3) is 7.20. The predicted molar refractivity (Wildman–Crippen MR) is 263 cm³/mol. The van der Waals surface area contributed by atoms with Crippen molar-refractivity contribution in [1.82, 2.24) is 5.06 Å². The zero-order valence-electron chi connectivity index (χ0n) is 39.4. The maximum Gasteiger partial charge on any atom is 0.380 e. The molecule has 5 aromatic carbocycles. The number of anilines is 1. The van der Waals surface area contributed by atoms with Crippen molar-refractivity contribution in [2.45, 2.75) is 63.9 Å². The summed E-state index contributed by atoms with van der Waals surface area (Å²) >= 11 is 1.84. The van der Waals surface area contributed by atoms with E-state index >= 15 is 26.3 Å². The summed E-state index contributed by atoms with van der Waals surface area (Å²) in [6.45, 7) is 5.49. The molecule has 3 N–H and O–H groups in total. The van der Waals surface area contributed by atoms with Crippen LogP contribution in [-0.2, 0) is 24.8 Å². The Morgan fingerprint density at radius 3 is 1.61 bits per heavy atom. The van der Waals surface area contributed by atoms with Gasteiger partial charge in [0, 0.05) is 94.7 Å². The molecule has 2 aromatic heterocycles. The molecule has 75 heavy (non-hydrogen) atoms. The number of carbonyl (C=O) groups excluding carboxylic acids is 5. The van der Waals surface area contributed by atoms with Gasteiger partial charge in [-0.05, 0) is 117 Å². The molecular weight excluding hydrogens is 1030 g/mol. The fourth-order valence-corrected chi connectivity index (χ4v) is 12.6. The average Bonchev–Trinajstić information content (AvgIpc) is 4.07. The molecule has 1 fully saturated rings. The molecule has 0 radical (unpaired) electrons. The molecule has 3 amide bonds. The lowest BCUT2D eigenvalue weighted by atomic mass is 9.77. The summed E-state index contributed by atoms with van der Waals surface area (Å²) in [5.41, 5.74) is -3.43. The number of aryl methyl sites for hydroxylation is 2. The van der Waals surface area contributed by atoms with Gasteiger partial charge in [0.25, 0.3) is 17.7 Å². The molecule has 1 spiro atoms. The fourth-order valence-electron chi connectivity index (χ4n) is 10.3. The number of alkyl halides is 6. The summed E-state index contributed by atoms with van der Waals surface area (Å²) in [4.78, 5) is 69.7. The van der Waals surface area contributed by atoms with E-state index in [1.165, 1.54) is 119 Å². The minimum absolute atomic E-state index is 0.00733. The van der Waals surface area contributed by atoms with Gasteiger partial charge in [0.1, 0.15) is 23.0 Å². The maximum atomic E-state index is 16.4. The number of nitrogens with one attached hydrogen (secondary N) is 1. The zero-order chi connectivity index (χ0) is 53.4. The molecule has 0 atom stereocenters. The lowest BCUT2D eigenvalue weighted by Crippen LogP contribution is -2.49. The van der Waals surface area contributed by atoms with Crippen LogP contribution < -0.4 is 10.1 Å². The van der Waals surface area contributed by atoms with E-state index in [9.17, 15) is 34.2 Å². The van der Waals surface area contributed by atoms with E-state index in [4.69, 9.17) is 14.3 Å². The van der Waals surface area contributed by atoms with E-state index in [0.29, 0.717) is 32.2 Å². The van der Waals surface area contributed by atoms with E-state index in [1.807, 2.05) is 0 Å². The quantitative estimate of drug-likeness (QED) is 0.0756. The summed E-state index contributed by atoms with van der Waals surface area (Å²) in [6.07, 6.45) is -0.246. The molecule has 380 valence electrons. The molecule has 5 heterocycles. The number of allylic oxidation sites excluding steroid dienone is 2. The number of halogens is 6. The Bertz CT molecular complexity index is 3660. The largest absolute Gasteiger partial charge is 0.508 e. The van der Waals surface area contributed by atoms with Crippen molar-refractivity contribution in [3.63, 3.8) is 0 Å². The van der Waals surface area contributed by atoms with Gasteiger partial charge in [-0.3, -0.25) is 14.4 Å². The number of hydrogen-bond acceptors (Lipinski definition) is 12. The number of hydrogen-bond donors (Lipinski definition) is 3. The van der Waals surface area contributed by atoms with Gasteiger partial charge < -0.3 is 29.8 Å². The first-order valence-electron chi connectivity index (χ1n) is 22.9. The van der Waals surface area contributed by atoms with E-state index in [0.717, 1.165) is 22.7 Å². The number of phenolic OH excluding ortho intramolecular Hbond substituents is 2. The number of carbonyl (C=O) groups is 5. The topological polar surface area (TPSA) is 169 Å². The molecule has 20 heteroatoms. The number of aromatic hydroxyl groups is 2. The summed E-state index contributed by atoms with van der Waals surface area (Å²) in [5.74, 6) is -20.3. The summed E-state index contributed by atoms with van der Waals surface area (Å²) < 4.78 is 109. The van der Waals surface area contributed by atoms with Crippen LogP contribution in [0.4, 0.5) is 32.0 Å². The van der Waals surface area contributed by atoms with Crippen LogP contribution in [0, 0.1) is 27.7 Å². The van der Waals surface area contributed by atoms with Crippen LogP contribution in [0.2, 0.25) is 0 Å². The number of esters is 1. The van der Waals surface area contributed by atoms with Crippen molar-refractivity contribution in [3.05, 3.63) is 169 Å². The highest BCUT2D eigenvalue weighted by Gasteiger charge is 2.80. The highest BCUT2D eigenvalue weighted by Crippen LogP contribution is 2.67. The van der Waals surface area contributed by atoms with Gasteiger partial charge in [-0.25, -0.2) is 9.59 Å². The van der Waals surface area contributed by atoms with E-state index < -0.39 is 75.3 Å². The van der Waals surface area contributed by atoms with Crippen LogP contribution in [0.1, 0.15) is 92.6 Å². The maximum absolute atomic E-state index is 16.4. The first-order valence-corrected chi connectivity index (χ1v) is 24.5. The minimum Gasteiger partial charge on any atom is -0.508 e. The number of rotatable bonds is 8. The van der Waals surface area contributed by atoms with Crippen LogP contribution in [0.15, 0.2) is 103 Å². The molecule has 12 nitrogen and oxygen atoms in total. The van der Waals surface area contributed by atoms with Crippen LogP contribution >= 0.6 is 22.7 Å². The number of nitrogens with zero attached hydrogens (tertiary/aromatic N) is 1. The van der Waals surface area contributed by atoms with Crippen molar-refractivity contribution in [3.8, 4) is 43.9 Å². The number of amides is 3. The van der Waals surface area contributed by atoms with Crippen LogP contribution in [0.25, 0.3) is 32.0 Å². The average molecular weight is 1060 g/mol. The summed E-state index contributed by atoms with van der Waals surface area (Å²) in [6, 6.07) is 24.3. The number of hydroxylamine groups is 2. The summed E-state index contributed by atoms with van der Waals surface area (Å²) in [7, 11) is 0. The smallest absolute Gasteiger partial charge is 0.380 e. The van der Waals surface area contributed by atoms with Gasteiger partial charge in [0.05, 0.1) is 11.1 Å². The van der Waals surface area contributed by atoms with Gasteiger partial charge in [-0.15, -0.1) is 27.7 Å². The van der Waals surface area contributed by atoms with Gasteiger partial charge in [0.2, 0.25) is 0 Å². The minimum atomic E-state index is -5.84. The Morgan fingerprint density at radius 2 is 1.11 bits per heavy atom. The molecule has 0 unspecified atom stereocenters. The molecule has 4 aliphatic rings. The Balaban J connectivity index is 0.903. The predicted octanol–water partition coefficient (Wildman–Crippen LogP) is 12.7. The number of imide groups is 1. The molecular formula is C55H36F6N2O10S2. The van der Waals surface area contributed by atoms with E-state index in [2.05, 4.69) is 5.32 Å². The number of ether oxygens (including phenoxy) is 2. The van der Waals surface area contributed by atoms with Gasteiger partial charge in [0.15, 0.2) is 5.60 Å². The first-order chi connectivity index (χ1) is 35.5. The number of thiophene rings is 2. The normalized spacial score (nSPS) is 17.4. The fraction of sp³-hybridized carbons (Fsp3) is 0.182. The highest BCUT2D eigenvalue weighted by molar-refractivity contribution is 7.16. The molecule has 3 aliphatic heterocycles. The Morgan fingerprint density at radius 1 is 0.627 bits per heavy atom. The van der Waals surface area contributed by atoms with E-state index in [-0.39, 0.29) is 89.5 Å². The van der Waals surface area contributed by atoms with Gasteiger partial charge >= 0.3 is 29.7 Å². The monoisotopic (exact) mass is 1060 g/mol. The van der Waals surface area contributed by atoms with Crippen molar-refractivity contribution in [1.29, 1.82) is 0 Å². The molecule has 0 bridgehead atoms. The molecule has 1 aliphatic carbocycles. The second-order valence-corrected chi connectivity index (χ2v) is 20.8.